The van der Waals surface area contributed by atoms with Crippen molar-refractivity contribution in [2.75, 3.05) is 17.3 Å². The molecule has 3 aliphatic heterocycles. The Morgan fingerprint density at radius 2 is 1.65 bits per heavy atom. The largest absolute Gasteiger partial charge is 0.497 e. The zero-order valence-electron chi connectivity index (χ0n) is 23.0. The zero-order chi connectivity index (χ0) is 29.9. The number of nitrogens with zero attached hydrogens (tertiary/aromatic N) is 2. The van der Waals surface area contributed by atoms with Crippen LogP contribution in [0, 0.1) is 16.0 Å². The quantitative estimate of drug-likeness (QED) is 0.185. The lowest BCUT2D eigenvalue weighted by atomic mass is 9.64. The summed E-state index contributed by atoms with van der Waals surface area (Å²) in [5.74, 6) is -1.86. The van der Waals surface area contributed by atoms with Crippen LogP contribution in [-0.4, -0.2) is 41.6 Å². The number of hydrogen-bond donors (Lipinski definition) is 1. The van der Waals surface area contributed by atoms with Crippen molar-refractivity contribution in [2.45, 2.75) is 17.5 Å². The van der Waals surface area contributed by atoms with E-state index in [0.29, 0.717) is 28.3 Å². The van der Waals surface area contributed by atoms with Gasteiger partial charge in [-0.3, -0.25) is 24.5 Å². The van der Waals surface area contributed by atoms with Gasteiger partial charge in [0, 0.05) is 34.6 Å². The summed E-state index contributed by atoms with van der Waals surface area (Å²) in [4.78, 5) is 56.6. The number of anilines is 2. The molecule has 0 bridgehead atoms. The lowest BCUT2D eigenvalue weighted by molar-refractivity contribution is -0.384. The first-order valence-electron chi connectivity index (χ1n) is 13.8. The van der Waals surface area contributed by atoms with E-state index in [9.17, 15) is 24.5 Å². The smallest absolute Gasteiger partial charge is 0.269 e. The van der Waals surface area contributed by atoms with Crippen LogP contribution in [-0.2, 0) is 10.2 Å². The minimum atomic E-state index is -1.46. The maximum Gasteiger partial charge on any atom is 0.269 e. The predicted octanol–water partition coefficient (Wildman–Crippen LogP) is 5.46. The van der Waals surface area contributed by atoms with Crippen LogP contribution in [0.3, 0.4) is 0 Å². The van der Waals surface area contributed by atoms with Gasteiger partial charge >= 0.3 is 0 Å². The van der Waals surface area contributed by atoms with E-state index in [4.69, 9.17) is 4.74 Å². The van der Waals surface area contributed by atoms with Crippen molar-refractivity contribution in [3.63, 3.8) is 0 Å². The fourth-order valence-corrected chi connectivity index (χ4v) is 6.99. The molecule has 4 aromatic carbocycles. The Morgan fingerprint density at radius 3 is 2.42 bits per heavy atom. The van der Waals surface area contributed by atoms with Crippen LogP contribution in [0.1, 0.15) is 31.8 Å². The van der Waals surface area contributed by atoms with Crippen LogP contribution in [0.5, 0.6) is 5.75 Å². The average molecular weight is 572 g/mol. The second kappa shape index (κ2) is 9.77. The number of hydrogen-bond acceptors (Lipinski definition) is 7. The number of methoxy groups -OCH3 is 1. The average Bonchev–Trinajstić information content (AvgIpc) is 3.52. The van der Waals surface area contributed by atoms with E-state index in [1.807, 2.05) is 59.5 Å². The maximum absolute atomic E-state index is 14.8. The number of non-ortho nitro benzene ring substituents is 1. The first kappa shape index (κ1) is 26.3. The third kappa shape index (κ3) is 3.74. The van der Waals surface area contributed by atoms with Crippen LogP contribution in [0.15, 0.2) is 103 Å². The van der Waals surface area contributed by atoms with E-state index in [2.05, 4.69) is 5.32 Å². The van der Waals surface area contributed by atoms with Gasteiger partial charge in [0.1, 0.15) is 17.2 Å². The Kier molecular flexibility index (Phi) is 5.98. The Labute approximate surface area is 246 Å². The number of ether oxygens (including phenoxy) is 1. The number of carbonyl (C=O) groups excluding carboxylic acids is 3. The summed E-state index contributed by atoms with van der Waals surface area (Å²) in [5, 5.41) is 14.3. The van der Waals surface area contributed by atoms with Gasteiger partial charge in [0.15, 0.2) is 11.6 Å². The molecular weight excluding hydrogens is 546 g/mol. The molecule has 9 nitrogen and oxygen atoms in total. The number of carbonyl (C=O) groups is 3. The molecular formula is C34H25N3O6. The minimum Gasteiger partial charge on any atom is -0.497 e. The molecule has 7 rings (SSSR count). The van der Waals surface area contributed by atoms with Crippen molar-refractivity contribution >= 4 is 40.6 Å². The van der Waals surface area contributed by atoms with Gasteiger partial charge in [0.05, 0.1) is 24.0 Å². The molecule has 1 fully saturated rings. The first-order chi connectivity index (χ1) is 20.9. The van der Waals surface area contributed by atoms with Gasteiger partial charge in [-0.1, -0.05) is 60.7 Å². The summed E-state index contributed by atoms with van der Waals surface area (Å²) >= 11 is 0. The molecule has 43 heavy (non-hydrogen) atoms. The number of nitro groups is 1. The molecule has 0 radical (unpaired) electrons. The summed E-state index contributed by atoms with van der Waals surface area (Å²) in [7, 11) is 1.50. The lowest BCUT2D eigenvalue weighted by Gasteiger charge is -2.37. The van der Waals surface area contributed by atoms with Crippen molar-refractivity contribution in [3.8, 4) is 5.75 Å². The van der Waals surface area contributed by atoms with Gasteiger partial charge in [-0.05, 0) is 47.5 Å². The highest BCUT2D eigenvalue weighted by molar-refractivity contribution is 6.18. The summed E-state index contributed by atoms with van der Waals surface area (Å²) in [6.45, 7) is 0. The highest BCUT2D eigenvalue weighted by Gasteiger charge is 2.70. The van der Waals surface area contributed by atoms with Crippen molar-refractivity contribution in [1.82, 2.24) is 0 Å². The molecule has 212 valence electrons. The molecule has 0 saturated carbocycles. The summed E-state index contributed by atoms with van der Waals surface area (Å²) in [6, 6.07) is 25.1. The molecule has 3 aliphatic rings. The SMILES string of the molecule is COc1cccc(C(=O)[C@@H]2[C@H](C(=O)c3ccc([N+](=O)[O-])cc3)N3c4ccccc4C=C[C@H]3[C@@]23C(=O)Nc2ccccc23)c1. The third-order valence-corrected chi connectivity index (χ3v) is 8.81. The highest BCUT2D eigenvalue weighted by atomic mass is 16.6. The number of para-hydroxylation sites is 2. The monoisotopic (exact) mass is 571 g/mol. The highest BCUT2D eigenvalue weighted by Crippen LogP contribution is 2.58. The van der Waals surface area contributed by atoms with E-state index in [1.54, 1.807) is 30.3 Å². The second-order valence-electron chi connectivity index (χ2n) is 10.8. The maximum atomic E-state index is 14.8. The fourth-order valence-electron chi connectivity index (χ4n) is 6.99. The molecule has 9 heteroatoms. The van der Waals surface area contributed by atoms with Crippen molar-refractivity contribution in [1.29, 1.82) is 0 Å². The van der Waals surface area contributed by atoms with Gasteiger partial charge < -0.3 is 15.0 Å². The molecule has 1 amide bonds. The van der Waals surface area contributed by atoms with Crippen LogP contribution in [0.2, 0.25) is 0 Å². The third-order valence-electron chi connectivity index (χ3n) is 8.81. The fraction of sp³-hybridized carbons (Fsp3) is 0.147. The normalized spacial score (nSPS) is 22.9. The van der Waals surface area contributed by atoms with Gasteiger partial charge in [-0.15, -0.1) is 0 Å². The Morgan fingerprint density at radius 1 is 0.907 bits per heavy atom. The van der Waals surface area contributed by atoms with Crippen molar-refractivity contribution in [3.05, 3.63) is 136 Å². The minimum absolute atomic E-state index is 0.156. The van der Waals surface area contributed by atoms with Crippen LogP contribution in [0.25, 0.3) is 6.08 Å². The summed E-state index contributed by atoms with van der Waals surface area (Å²) < 4.78 is 5.40. The Bertz CT molecular complexity index is 1870. The molecule has 3 heterocycles. The molecule has 0 unspecified atom stereocenters. The molecule has 1 spiro atoms. The number of ketones is 2. The van der Waals surface area contributed by atoms with Crippen molar-refractivity contribution in [2.24, 2.45) is 5.92 Å². The van der Waals surface area contributed by atoms with E-state index < -0.39 is 34.1 Å². The Balaban J connectivity index is 1.51. The standard InChI is InChI=1S/C34H25N3O6/c1-43-24-9-6-8-22(19-24)31(38)29-30(32(39)21-13-16-23(17-14-21)37(41)42)36-27-12-5-2-7-20(27)15-18-28(36)34(29)25-10-3-4-11-26(25)35-33(34)40/h2-19,28-30H,1H3,(H,35,40)/t28-,29-,30+,34+/m0/s1. The number of rotatable bonds is 6. The van der Waals surface area contributed by atoms with Gasteiger partial charge in [0.25, 0.3) is 5.69 Å². The van der Waals surface area contributed by atoms with Gasteiger partial charge in [-0.25, -0.2) is 0 Å². The molecule has 0 aromatic heterocycles. The number of amides is 1. The molecule has 1 N–H and O–H groups in total. The number of nitro benzene ring substituents is 1. The van der Waals surface area contributed by atoms with Crippen LogP contribution < -0.4 is 15.0 Å². The van der Waals surface area contributed by atoms with Gasteiger partial charge in [0.2, 0.25) is 5.91 Å². The number of Topliss-reactive ketones (excluding diaryl/α,β-unsaturated/α-hetero) is 2. The summed E-state index contributed by atoms with van der Waals surface area (Å²) in [5.41, 5.74) is 1.68. The number of fused-ring (bicyclic) bond motifs is 6. The van der Waals surface area contributed by atoms with Crippen molar-refractivity contribution < 1.29 is 24.0 Å². The van der Waals surface area contributed by atoms with Crippen LogP contribution >= 0.6 is 0 Å². The number of benzene rings is 4. The van der Waals surface area contributed by atoms with E-state index in [-0.39, 0.29) is 22.9 Å². The first-order valence-corrected chi connectivity index (χ1v) is 13.8. The molecule has 4 aromatic rings. The zero-order valence-corrected chi connectivity index (χ0v) is 23.0. The second-order valence-corrected chi connectivity index (χ2v) is 10.8. The summed E-state index contributed by atoms with van der Waals surface area (Å²) in [6.07, 6.45) is 3.83. The predicted molar refractivity (Wildman–Crippen MR) is 161 cm³/mol. The Hall–Kier alpha value is -5.57. The van der Waals surface area contributed by atoms with Gasteiger partial charge in [-0.2, -0.15) is 0 Å². The van der Waals surface area contributed by atoms with E-state index in [1.165, 1.54) is 31.4 Å². The van der Waals surface area contributed by atoms with E-state index >= 15 is 0 Å². The topological polar surface area (TPSA) is 119 Å². The molecule has 4 atom stereocenters. The molecule has 0 aliphatic carbocycles. The number of nitrogens with one attached hydrogen (secondary N) is 1. The lowest BCUT2D eigenvalue weighted by Crippen LogP contribution is -2.51. The van der Waals surface area contributed by atoms with E-state index in [0.717, 1.165) is 5.56 Å². The molecule has 1 saturated heterocycles. The van der Waals surface area contributed by atoms with Crippen LogP contribution in [0.4, 0.5) is 17.1 Å².